The lowest BCUT2D eigenvalue weighted by atomic mass is 9.78. The highest BCUT2D eigenvalue weighted by molar-refractivity contribution is 5.93. The first kappa shape index (κ1) is 12.1. The van der Waals surface area contributed by atoms with E-state index in [2.05, 4.69) is 39.5 Å². The molecule has 1 rings (SSSR count). The van der Waals surface area contributed by atoms with Gasteiger partial charge in [0.25, 0.3) is 0 Å². The van der Waals surface area contributed by atoms with Gasteiger partial charge in [0.15, 0.2) is 0 Å². The summed E-state index contributed by atoms with van der Waals surface area (Å²) in [4.78, 5) is 13.6. The van der Waals surface area contributed by atoms with Gasteiger partial charge in [-0.05, 0) is 32.6 Å². The fraction of sp³-hybridized carbons (Fsp3) is 0.750. The van der Waals surface area contributed by atoms with Gasteiger partial charge >= 0.3 is 0 Å². The van der Waals surface area contributed by atoms with Gasteiger partial charge in [0, 0.05) is 23.9 Å². The Balaban J connectivity index is 3.05. The van der Waals surface area contributed by atoms with Crippen molar-refractivity contribution >= 4 is 5.91 Å². The highest BCUT2D eigenvalue weighted by Crippen LogP contribution is 2.36. The molecule has 1 aliphatic rings. The van der Waals surface area contributed by atoms with Crippen LogP contribution in [0.2, 0.25) is 0 Å². The minimum atomic E-state index is -0.297. The first-order chi connectivity index (χ1) is 6.64. The Morgan fingerprint density at radius 2 is 2.00 bits per heavy atom. The molecule has 1 aliphatic heterocycles. The third-order valence-corrected chi connectivity index (χ3v) is 3.12. The Bertz CT molecular complexity index is 297. The maximum atomic E-state index is 11.4. The van der Waals surface area contributed by atoms with E-state index in [1.165, 1.54) is 0 Å². The molecule has 86 valence electrons. The summed E-state index contributed by atoms with van der Waals surface area (Å²) < 4.78 is 0. The van der Waals surface area contributed by atoms with Gasteiger partial charge in [-0.2, -0.15) is 0 Å². The lowest BCUT2D eigenvalue weighted by Gasteiger charge is -2.43. The van der Waals surface area contributed by atoms with Crippen molar-refractivity contribution in [3.8, 4) is 0 Å². The number of amides is 1. The summed E-state index contributed by atoms with van der Waals surface area (Å²) in [6, 6.07) is 0. The van der Waals surface area contributed by atoms with Crippen molar-refractivity contribution in [3.63, 3.8) is 0 Å². The van der Waals surface area contributed by atoms with Crippen LogP contribution in [-0.2, 0) is 4.79 Å². The van der Waals surface area contributed by atoms with E-state index < -0.39 is 0 Å². The van der Waals surface area contributed by atoms with Crippen LogP contribution in [0.15, 0.2) is 11.8 Å². The van der Waals surface area contributed by atoms with E-state index in [0.717, 1.165) is 18.5 Å². The molecule has 0 bridgehead atoms. The SMILES string of the molecule is CC1(C)CCN(C(C)(C)C)C=C1C(N)=O. The van der Waals surface area contributed by atoms with E-state index >= 15 is 0 Å². The number of primary amides is 1. The van der Waals surface area contributed by atoms with Gasteiger partial charge in [0.1, 0.15) is 0 Å². The monoisotopic (exact) mass is 210 g/mol. The standard InChI is InChI=1S/C12H22N2O/c1-11(2,3)14-7-6-12(4,5)9(8-14)10(13)15/h8H,6-7H2,1-5H3,(H2,13,15). The number of hydrogen-bond donors (Lipinski definition) is 1. The number of carbonyl (C=O) groups is 1. The van der Waals surface area contributed by atoms with Crippen molar-refractivity contribution in [2.45, 2.75) is 46.6 Å². The second-order valence-electron chi connectivity index (χ2n) is 5.91. The average molecular weight is 210 g/mol. The summed E-state index contributed by atoms with van der Waals surface area (Å²) in [5.41, 5.74) is 6.12. The van der Waals surface area contributed by atoms with Gasteiger partial charge in [-0.25, -0.2) is 0 Å². The summed E-state index contributed by atoms with van der Waals surface area (Å²) in [5.74, 6) is -0.297. The summed E-state index contributed by atoms with van der Waals surface area (Å²) >= 11 is 0. The van der Waals surface area contributed by atoms with Gasteiger partial charge in [0.05, 0.1) is 0 Å². The molecule has 0 saturated heterocycles. The summed E-state index contributed by atoms with van der Waals surface area (Å²) in [6.45, 7) is 11.5. The molecule has 0 aromatic heterocycles. The molecule has 0 radical (unpaired) electrons. The summed E-state index contributed by atoms with van der Waals surface area (Å²) in [7, 11) is 0. The zero-order valence-electron chi connectivity index (χ0n) is 10.4. The average Bonchev–Trinajstić information content (AvgIpc) is 2.00. The molecule has 0 fully saturated rings. The normalized spacial score (nSPS) is 21.1. The molecule has 1 amide bonds. The largest absolute Gasteiger partial charge is 0.372 e. The second-order valence-corrected chi connectivity index (χ2v) is 5.91. The van der Waals surface area contributed by atoms with Crippen LogP contribution in [0.25, 0.3) is 0 Å². The molecule has 2 N–H and O–H groups in total. The number of rotatable bonds is 1. The highest BCUT2D eigenvalue weighted by Gasteiger charge is 2.34. The van der Waals surface area contributed by atoms with Crippen LogP contribution in [0.4, 0.5) is 0 Å². The van der Waals surface area contributed by atoms with Crippen LogP contribution in [0.5, 0.6) is 0 Å². The van der Waals surface area contributed by atoms with Crippen molar-refractivity contribution in [1.82, 2.24) is 4.90 Å². The van der Waals surface area contributed by atoms with Crippen molar-refractivity contribution < 1.29 is 4.79 Å². The quantitative estimate of drug-likeness (QED) is 0.718. The Labute approximate surface area is 92.3 Å². The molecule has 0 atom stereocenters. The van der Waals surface area contributed by atoms with Crippen LogP contribution in [0, 0.1) is 5.41 Å². The van der Waals surface area contributed by atoms with Crippen LogP contribution in [-0.4, -0.2) is 22.9 Å². The Hall–Kier alpha value is -0.990. The van der Waals surface area contributed by atoms with E-state index in [1.54, 1.807) is 0 Å². The van der Waals surface area contributed by atoms with E-state index in [-0.39, 0.29) is 16.9 Å². The number of nitrogens with two attached hydrogens (primary N) is 1. The molecule has 15 heavy (non-hydrogen) atoms. The predicted molar refractivity (Wildman–Crippen MR) is 62.1 cm³/mol. The number of hydrogen-bond acceptors (Lipinski definition) is 2. The maximum absolute atomic E-state index is 11.4. The molecular formula is C12H22N2O. The van der Waals surface area contributed by atoms with Crippen LogP contribution in [0.3, 0.4) is 0 Å². The van der Waals surface area contributed by atoms with Gasteiger partial charge in [0.2, 0.25) is 5.91 Å². The van der Waals surface area contributed by atoms with Gasteiger partial charge < -0.3 is 10.6 Å². The zero-order valence-corrected chi connectivity index (χ0v) is 10.4. The molecule has 0 aromatic rings. The Kier molecular flexibility index (Phi) is 2.85. The van der Waals surface area contributed by atoms with E-state index in [1.807, 2.05) is 6.20 Å². The first-order valence-electron chi connectivity index (χ1n) is 5.43. The van der Waals surface area contributed by atoms with E-state index in [9.17, 15) is 4.79 Å². The van der Waals surface area contributed by atoms with Crippen molar-refractivity contribution in [2.24, 2.45) is 11.1 Å². The Morgan fingerprint density at radius 3 is 2.40 bits per heavy atom. The molecule has 0 spiro atoms. The van der Waals surface area contributed by atoms with E-state index in [4.69, 9.17) is 5.73 Å². The summed E-state index contributed by atoms with van der Waals surface area (Å²) in [5, 5.41) is 0. The minimum Gasteiger partial charge on any atom is -0.372 e. The topological polar surface area (TPSA) is 46.3 Å². The van der Waals surface area contributed by atoms with Crippen molar-refractivity contribution in [3.05, 3.63) is 11.8 Å². The van der Waals surface area contributed by atoms with Crippen LogP contribution in [0.1, 0.15) is 41.0 Å². The first-order valence-corrected chi connectivity index (χ1v) is 5.43. The second kappa shape index (κ2) is 3.54. The van der Waals surface area contributed by atoms with Crippen LogP contribution >= 0.6 is 0 Å². The molecule has 3 heteroatoms. The molecule has 1 heterocycles. The van der Waals surface area contributed by atoms with Crippen molar-refractivity contribution in [1.29, 1.82) is 0 Å². The molecule has 0 unspecified atom stereocenters. The highest BCUT2D eigenvalue weighted by atomic mass is 16.1. The molecule has 0 aromatic carbocycles. The maximum Gasteiger partial charge on any atom is 0.246 e. The third kappa shape index (κ3) is 2.52. The molecule has 0 aliphatic carbocycles. The third-order valence-electron chi connectivity index (χ3n) is 3.12. The minimum absolute atomic E-state index is 0.0528. The smallest absolute Gasteiger partial charge is 0.246 e. The lowest BCUT2D eigenvalue weighted by Crippen LogP contribution is -2.45. The molecular weight excluding hydrogens is 188 g/mol. The van der Waals surface area contributed by atoms with Gasteiger partial charge in [-0.1, -0.05) is 13.8 Å². The van der Waals surface area contributed by atoms with E-state index in [0.29, 0.717) is 0 Å². The van der Waals surface area contributed by atoms with Gasteiger partial charge in [-0.3, -0.25) is 4.79 Å². The lowest BCUT2D eigenvalue weighted by molar-refractivity contribution is -0.116. The molecule has 3 nitrogen and oxygen atoms in total. The number of nitrogens with zero attached hydrogens (tertiary/aromatic N) is 1. The van der Waals surface area contributed by atoms with Crippen molar-refractivity contribution in [2.75, 3.05) is 6.54 Å². The number of carbonyl (C=O) groups excluding carboxylic acids is 1. The fourth-order valence-electron chi connectivity index (χ4n) is 1.86. The Morgan fingerprint density at radius 1 is 1.47 bits per heavy atom. The summed E-state index contributed by atoms with van der Waals surface area (Å²) in [6.07, 6.45) is 2.91. The predicted octanol–water partition coefficient (Wildman–Crippen LogP) is 1.89. The van der Waals surface area contributed by atoms with Crippen LogP contribution < -0.4 is 5.73 Å². The fourth-order valence-corrected chi connectivity index (χ4v) is 1.86. The zero-order chi connectivity index (χ0) is 11.9. The van der Waals surface area contributed by atoms with Gasteiger partial charge in [-0.15, -0.1) is 0 Å². The molecule has 0 saturated carbocycles.